The summed E-state index contributed by atoms with van der Waals surface area (Å²) in [5.41, 5.74) is -18.8. The van der Waals surface area contributed by atoms with E-state index in [1.54, 1.807) is 0 Å². The minimum atomic E-state index is -5.90. The van der Waals surface area contributed by atoms with Gasteiger partial charge in [-0.2, -0.15) is 16.8 Å². The van der Waals surface area contributed by atoms with Crippen LogP contribution in [0, 0.1) is 87.3 Å². The monoisotopic (exact) mass is 1010 g/mol. The number of hydrogen-bond acceptors (Lipinski definition) is 5. The van der Waals surface area contributed by atoms with Gasteiger partial charge in [-0.15, -0.1) is 0 Å². The van der Waals surface area contributed by atoms with Crippen molar-refractivity contribution in [3.63, 3.8) is 0 Å². The van der Waals surface area contributed by atoms with Crippen molar-refractivity contribution in [3.05, 3.63) is 123 Å². The average Bonchev–Trinajstić information content (AvgIpc) is 4.07. The van der Waals surface area contributed by atoms with Gasteiger partial charge in [0.25, 0.3) is 20.2 Å². The SMILES string of the molecule is O=S(=O)(O)c1cc2[nH]c1c(-c1c(F)c(F)c(F)c(F)c1F)c1nc(c(-c3c(F)c(F)c(F)c(F)c3F)c3ccc([nH]3)c(-c3c(F)c(F)c(F)c(F)c3F)c3cc(S(=O)(=O)O)c2[nH]3)CC1.[Fe+3]. The fraction of sp³-hybridized carbons (Fsp3) is 0.0541. The van der Waals surface area contributed by atoms with E-state index < -0.39 is 208 Å². The molecule has 0 amide bonds. The van der Waals surface area contributed by atoms with Crippen LogP contribution < -0.4 is 0 Å². The van der Waals surface area contributed by atoms with Gasteiger partial charge in [0, 0.05) is 27.7 Å². The number of aryl methyl sites for hydroxylation is 2. The van der Waals surface area contributed by atoms with Gasteiger partial charge in [-0.1, -0.05) is 0 Å². The first-order chi connectivity index (χ1) is 29.8. The molecule has 28 heteroatoms. The molecular weight excluding hydrogens is 1000 g/mol. The predicted octanol–water partition coefficient (Wildman–Crippen LogP) is 9.89. The van der Waals surface area contributed by atoms with E-state index >= 15 is 26.3 Å². The first-order valence-electron chi connectivity index (χ1n) is 17.0. The van der Waals surface area contributed by atoms with Crippen LogP contribution >= 0.6 is 0 Å². The predicted molar refractivity (Wildman–Crippen MR) is 189 cm³/mol. The molecule has 0 fully saturated rings. The van der Waals surface area contributed by atoms with E-state index in [1.807, 2.05) is 4.98 Å². The summed E-state index contributed by atoms with van der Waals surface area (Å²) in [5.74, 6) is -40.2. The maximum atomic E-state index is 15.8. The molecule has 1 aliphatic rings. The fourth-order valence-electron chi connectivity index (χ4n) is 7.23. The zero-order valence-electron chi connectivity index (χ0n) is 30.5. The van der Waals surface area contributed by atoms with E-state index in [4.69, 9.17) is 0 Å². The molecule has 5 heterocycles. The van der Waals surface area contributed by atoms with Crippen molar-refractivity contribution in [2.75, 3.05) is 0 Å². The first kappa shape index (κ1) is 46.9. The summed E-state index contributed by atoms with van der Waals surface area (Å²) in [6.45, 7) is 0. The van der Waals surface area contributed by atoms with E-state index in [0.29, 0.717) is 12.1 Å². The van der Waals surface area contributed by atoms with Crippen LogP contribution in [0.2, 0.25) is 0 Å². The van der Waals surface area contributed by atoms with Crippen molar-refractivity contribution in [1.29, 1.82) is 0 Å². The molecule has 339 valence electrons. The topological polar surface area (TPSA) is 169 Å². The number of aromatic amines is 3. The van der Waals surface area contributed by atoms with Gasteiger partial charge in [0.15, 0.2) is 69.8 Å². The quantitative estimate of drug-likeness (QED) is 0.0376. The van der Waals surface area contributed by atoms with Gasteiger partial charge in [-0.25, -0.2) is 65.9 Å². The van der Waals surface area contributed by atoms with Crippen LogP contribution in [0.3, 0.4) is 0 Å². The van der Waals surface area contributed by atoms with Crippen molar-refractivity contribution in [1.82, 2.24) is 19.9 Å². The molecular formula is C37H13F15FeN4O6S2+3. The Hall–Kier alpha value is -6.06. The molecule has 0 aliphatic carbocycles. The smallest absolute Gasteiger partial charge is 0.354 e. The van der Waals surface area contributed by atoms with E-state index in [0.717, 1.165) is 0 Å². The minimum absolute atomic E-state index is 0. The Morgan fingerprint density at radius 1 is 0.385 bits per heavy atom. The van der Waals surface area contributed by atoms with Crippen molar-refractivity contribution in [3.8, 4) is 33.4 Å². The molecule has 4 aromatic heterocycles. The van der Waals surface area contributed by atoms with Crippen LogP contribution in [0.25, 0.3) is 66.5 Å². The largest absolute Gasteiger partial charge is 3.00 e. The van der Waals surface area contributed by atoms with Gasteiger partial charge in [0.05, 0.1) is 50.1 Å². The molecule has 3 aromatic carbocycles. The number of rotatable bonds is 5. The van der Waals surface area contributed by atoms with Crippen molar-refractivity contribution in [2.24, 2.45) is 0 Å². The van der Waals surface area contributed by atoms with Crippen LogP contribution in [-0.4, -0.2) is 45.9 Å². The Labute approximate surface area is 360 Å². The second-order valence-corrected chi connectivity index (χ2v) is 16.3. The zero-order valence-corrected chi connectivity index (χ0v) is 33.3. The normalized spacial score (nSPS) is 12.7. The molecule has 10 nitrogen and oxygen atoms in total. The summed E-state index contributed by atoms with van der Waals surface area (Å²) >= 11 is 0. The maximum Gasteiger partial charge on any atom is 3.00 e. The molecule has 1 radical (unpaired) electrons. The maximum absolute atomic E-state index is 15.8. The molecule has 8 rings (SSSR count). The molecule has 1 aliphatic heterocycles. The third-order valence-corrected chi connectivity index (χ3v) is 11.7. The Morgan fingerprint density at radius 2 is 0.692 bits per heavy atom. The van der Waals surface area contributed by atoms with Crippen molar-refractivity contribution >= 4 is 53.3 Å². The van der Waals surface area contributed by atoms with Crippen LogP contribution in [0.5, 0.6) is 0 Å². The Kier molecular flexibility index (Phi) is 11.4. The number of hydrogen-bond donors (Lipinski definition) is 5. The Morgan fingerprint density at radius 3 is 1.11 bits per heavy atom. The minimum Gasteiger partial charge on any atom is -0.354 e. The molecule has 0 saturated heterocycles. The summed E-state index contributed by atoms with van der Waals surface area (Å²) in [5, 5.41) is 0. The number of aromatic nitrogens is 4. The van der Waals surface area contributed by atoms with Gasteiger partial charge >= 0.3 is 17.1 Å². The number of nitrogens with zero attached hydrogens (tertiary/aromatic N) is 1. The molecule has 0 unspecified atom stereocenters. The Bertz CT molecular complexity index is 3570. The third-order valence-electron chi connectivity index (χ3n) is 9.96. The Balaban J connectivity index is 0.00000630. The van der Waals surface area contributed by atoms with Gasteiger partial charge < -0.3 is 15.0 Å². The van der Waals surface area contributed by atoms with Crippen molar-refractivity contribution < 1.29 is 109 Å². The number of benzene rings is 3. The first-order valence-corrected chi connectivity index (χ1v) is 19.9. The summed E-state index contributed by atoms with van der Waals surface area (Å²) < 4.78 is 299. The molecule has 8 bridgehead atoms. The van der Waals surface area contributed by atoms with Crippen LogP contribution in [0.4, 0.5) is 65.9 Å². The second-order valence-electron chi connectivity index (χ2n) is 13.5. The summed E-state index contributed by atoms with van der Waals surface area (Å²) in [6.07, 6.45) is -1.87. The molecule has 5 N–H and O–H groups in total. The van der Waals surface area contributed by atoms with Crippen molar-refractivity contribution in [2.45, 2.75) is 22.6 Å². The fourth-order valence-corrected chi connectivity index (χ4v) is 8.59. The zero-order chi connectivity index (χ0) is 47.0. The van der Waals surface area contributed by atoms with Gasteiger partial charge in [0.2, 0.25) is 17.5 Å². The van der Waals surface area contributed by atoms with Gasteiger partial charge in [-0.05, 0) is 37.1 Å². The van der Waals surface area contributed by atoms with E-state index in [-0.39, 0.29) is 29.2 Å². The molecule has 0 saturated carbocycles. The van der Waals surface area contributed by atoms with E-state index in [9.17, 15) is 65.5 Å². The molecule has 65 heavy (non-hydrogen) atoms. The number of H-pyrrole nitrogens is 3. The molecule has 7 aromatic rings. The van der Waals surface area contributed by atoms with Crippen LogP contribution in [0.15, 0.2) is 34.1 Å². The van der Waals surface area contributed by atoms with Gasteiger partial charge in [-0.3, -0.25) is 14.1 Å². The van der Waals surface area contributed by atoms with Gasteiger partial charge in [0.1, 0.15) is 9.79 Å². The standard InChI is InChI=1S/C37H13F15N4O6S2.Fe/c38-21-18(22(39)28(45)33(50)27(21)44)15-7-1-2-9(53-7)16(19-23(40)29(46)34(51)30(47)24(19)41)11-5-13(63(57,58)59)36(55-11)12-6-14(64(60,61)62)37(56-12)17(10-4-3-8(15)54-10)20-25(42)31(48)35(52)32(49)26(20)43;/h1-2,5-6,53,55-56H,3-4H2,(H,57,58,59)(H,60,61,62);/q;+3. The number of halogens is 15. The second kappa shape index (κ2) is 15.8. The van der Waals surface area contributed by atoms with Crippen LogP contribution in [-0.2, 0) is 50.1 Å². The van der Waals surface area contributed by atoms with E-state index in [2.05, 4.69) is 15.0 Å². The van der Waals surface area contributed by atoms with E-state index in [1.165, 1.54) is 0 Å². The third kappa shape index (κ3) is 7.09. The number of fused-ring (bicyclic) bond motifs is 9. The molecule has 0 atom stereocenters. The summed E-state index contributed by atoms with van der Waals surface area (Å²) in [4.78, 5) is 7.15. The molecule has 0 spiro atoms. The number of nitrogens with one attached hydrogen (secondary N) is 3. The summed E-state index contributed by atoms with van der Waals surface area (Å²) in [6, 6.07) is 1.65. The average molecular weight is 1010 g/mol. The summed E-state index contributed by atoms with van der Waals surface area (Å²) in [7, 11) is -11.7. The van der Waals surface area contributed by atoms with Crippen LogP contribution in [0.1, 0.15) is 11.4 Å².